The third kappa shape index (κ3) is 1.94. The van der Waals surface area contributed by atoms with Crippen molar-refractivity contribution in [3.05, 3.63) is 27.5 Å². The molecule has 1 aromatic rings. The maximum atomic E-state index is 5.73. The molecule has 1 aromatic heterocycles. The summed E-state index contributed by atoms with van der Waals surface area (Å²) in [5, 5.41) is 1.29. The fourth-order valence-corrected chi connectivity index (χ4v) is 1.70. The highest BCUT2D eigenvalue weighted by atomic mass is 79.9. The van der Waals surface area contributed by atoms with Crippen LogP contribution < -0.4 is 0 Å². The second-order valence-corrected chi connectivity index (χ2v) is 3.57. The van der Waals surface area contributed by atoms with Gasteiger partial charge in [0.25, 0.3) is 0 Å². The van der Waals surface area contributed by atoms with Gasteiger partial charge in [-0.3, -0.25) is 0 Å². The molecule has 1 heterocycles. The van der Waals surface area contributed by atoms with E-state index in [1.165, 1.54) is 0 Å². The van der Waals surface area contributed by atoms with Crippen LogP contribution in [0.25, 0.3) is 0 Å². The van der Waals surface area contributed by atoms with E-state index in [0.29, 0.717) is 5.15 Å². The van der Waals surface area contributed by atoms with Crippen molar-refractivity contribution in [2.24, 2.45) is 0 Å². The third-order valence-corrected chi connectivity index (χ3v) is 2.40. The molecule has 0 aliphatic heterocycles. The molecule has 54 valence electrons. The molecule has 1 nitrogen and oxygen atoms in total. The van der Waals surface area contributed by atoms with Crippen LogP contribution in [0.2, 0.25) is 5.15 Å². The maximum absolute atomic E-state index is 5.73. The van der Waals surface area contributed by atoms with Crippen LogP contribution in [-0.4, -0.2) is 4.98 Å². The minimum Gasteiger partial charge on any atom is -0.243 e. The highest BCUT2D eigenvalue weighted by Crippen LogP contribution is 2.19. The first kappa shape index (κ1) is 8.50. The number of alkyl halides is 1. The van der Waals surface area contributed by atoms with Crippen LogP contribution in [0.15, 0.2) is 16.7 Å². The molecule has 0 saturated heterocycles. The Balaban J connectivity index is 3.09. The van der Waals surface area contributed by atoms with Gasteiger partial charge in [-0.05, 0) is 22.0 Å². The summed E-state index contributed by atoms with van der Waals surface area (Å²) in [6.07, 6.45) is 1.68. The molecule has 10 heavy (non-hydrogen) atoms. The van der Waals surface area contributed by atoms with Crippen molar-refractivity contribution in [1.29, 1.82) is 0 Å². The van der Waals surface area contributed by atoms with Crippen molar-refractivity contribution in [3.63, 3.8) is 0 Å². The Morgan fingerprint density at radius 1 is 1.60 bits per heavy atom. The van der Waals surface area contributed by atoms with E-state index in [4.69, 9.17) is 11.6 Å². The van der Waals surface area contributed by atoms with Gasteiger partial charge in [0.05, 0.1) is 0 Å². The maximum Gasteiger partial charge on any atom is 0.133 e. The van der Waals surface area contributed by atoms with Gasteiger partial charge in [0, 0.05) is 21.6 Å². The number of rotatable bonds is 1. The van der Waals surface area contributed by atoms with Crippen molar-refractivity contribution in [1.82, 2.24) is 4.98 Å². The minimum absolute atomic E-state index is 0.556. The molecule has 0 spiro atoms. The largest absolute Gasteiger partial charge is 0.243 e. The summed E-state index contributed by atoms with van der Waals surface area (Å²) in [6.45, 7) is 0. The Morgan fingerprint density at radius 2 is 2.30 bits per heavy atom. The number of nitrogens with zero attached hydrogens (tertiary/aromatic N) is 1. The van der Waals surface area contributed by atoms with Crippen LogP contribution in [0.5, 0.6) is 0 Å². The van der Waals surface area contributed by atoms with E-state index in [1.807, 2.05) is 6.07 Å². The topological polar surface area (TPSA) is 12.9 Å². The number of halogens is 3. The number of aromatic nitrogens is 1. The van der Waals surface area contributed by atoms with E-state index in [-0.39, 0.29) is 0 Å². The van der Waals surface area contributed by atoms with Gasteiger partial charge in [0.2, 0.25) is 0 Å². The first-order valence-electron chi connectivity index (χ1n) is 2.60. The molecule has 0 saturated carbocycles. The molecular formula is C6H4Br2ClN. The molecule has 1 rings (SSSR count). The van der Waals surface area contributed by atoms with Crippen molar-refractivity contribution in [3.8, 4) is 0 Å². The lowest BCUT2D eigenvalue weighted by Gasteiger charge is -1.97. The van der Waals surface area contributed by atoms with Crippen LogP contribution in [0.1, 0.15) is 5.56 Å². The minimum atomic E-state index is 0.556. The number of hydrogen-bond donors (Lipinski definition) is 0. The molecule has 0 atom stereocenters. The van der Waals surface area contributed by atoms with Gasteiger partial charge in [0.1, 0.15) is 5.15 Å². The van der Waals surface area contributed by atoms with Crippen LogP contribution in [0, 0.1) is 0 Å². The van der Waals surface area contributed by atoms with Gasteiger partial charge in [-0.1, -0.05) is 27.5 Å². The molecule has 0 aliphatic carbocycles. The molecular weight excluding hydrogens is 281 g/mol. The summed E-state index contributed by atoms with van der Waals surface area (Å²) in [4.78, 5) is 3.94. The summed E-state index contributed by atoms with van der Waals surface area (Å²) in [5.41, 5.74) is 0.996. The van der Waals surface area contributed by atoms with Crippen molar-refractivity contribution in [2.45, 2.75) is 5.33 Å². The Hall–Kier alpha value is 0.400. The average molecular weight is 285 g/mol. The molecule has 0 amide bonds. The van der Waals surface area contributed by atoms with Crippen LogP contribution >= 0.6 is 43.5 Å². The molecule has 0 aromatic carbocycles. The Labute approximate surface area is 81.1 Å². The number of pyridine rings is 1. The highest BCUT2D eigenvalue weighted by molar-refractivity contribution is 9.10. The molecule has 0 radical (unpaired) electrons. The van der Waals surface area contributed by atoms with E-state index in [9.17, 15) is 0 Å². The summed E-state index contributed by atoms with van der Waals surface area (Å²) >= 11 is 12.3. The smallest absolute Gasteiger partial charge is 0.133 e. The quantitative estimate of drug-likeness (QED) is 0.569. The first-order chi connectivity index (χ1) is 4.74. The van der Waals surface area contributed by atoms with E-state index >= 15 is 0 Å². The molecule has 0 bridgehead atoms. The first-order valence-corrected chi connectivity index (χ1v) is 4.89. The van der Waals surface area contributed by atoms with Crippen LogP contribution in [0.3, 0.4) is 0 Å². The zero-order valence-corrected chi connectivity index (χ0v) is 8.87. The Morgan fingerprint density at radius 3 is 2.80 bits per heavy atom. The summed E-state index contributed by atoms with van der Waals surface area (Å²) in [6, 6.07) is 1.93. The second kappa shape index (κ2) is 3.69. The fourth-order valence-electron chi connectivity index (χ4n) is 0.558. The molecule has 0 unspecified atom stereocenters. The van der Waals surface area contributed by atoms with Crippen molar-refractivity contribution < 1.29 is 0 Å². The third-order valence-electron chi connectivity index (χ3n) is 1.02. The second-order valence-electron chi connectivity index (χ2n) is 1.74. The zero-order valence-electron chi connectivity index (χ0n) is 4.94. The zero-order chi connectivity index (χ0) is 7.56. The normalized spacial score (nSPS) is 9.90. The Kier molecular flexibility index (Phi) is 3.14. The molecule has 0 aliphatic rings. The number of hydrogen-bond acceptors (Lipinski definition) is 1. The van der Waals surface area contributed by atoms with Crippen molar-refractivity contribution >= 4 is 43.5 Å². The lowest BCUT2D eigenvalue weighted by molar-refractivity contribution is 1.24. The molecule has 4 heteroatoms. The van der Waals surface area contributed by atoms with Gasteiger partial charge >= 0.3 is 0 Å². The summed E-state index contributed by atoms with van der Waals surface area (Å²) < 4.78 is 0.950. The monoisotopic (exact) mass is 283 g/mol. The Bertz CT molecular complexity index is 239. The van der Waals surface area contributed by atoms with Crippen LogP contribution in [-0.2, 0) is 5.33 Å². The molecule has 0 N–H and O–H groups in total. The predicted octanol–water partition coefficient (Wildman–Crippen LogP) is 3.39. The standard InChI is InChI=1S/C6H4Br2ClN/c7-2-4-1-5(8)3-10-6(4)9/h1,3H,2H2. The van der Waals surface area contributed by atoms with Crippen LogP contribution in [0.4, 0.5) is 0 Å². The van der Waals surface area contributed by atoms with E-state index in [0.717, 1.165) is 15.4 Å². The van der Waals surface area contributed by atoms with Gasteiger partial charge in [0.15, 0.2) is 0 Å². The van der Waals surface area contributed by atoms with Gasteiger partial charge in [-0.15, -0.1) is 0 Å². The summed E-state index contributed by atoms with van der Waals surface area (Å²) in [7, 11) is 0. The summed E-state index contributed by atoms with van der Waals surface area (Å²) in [5.74, 6) is 0. The van der Waals surface area contributed by atoms with E-state index in [1.54, 1.807) is 6.20 Å². The average Bonchev–Trinajstić information content (AvgIpc) is 1.94. The van der Waals surface area contributed by atoms with Crippen molar-refractivity contribution in [2.75, 3.05) is 0 Å². The molecule has 0 fully saturated rings. The predicted molar refractivity (Wildman–Crippen MR) is 49.6 cm³/mol. The van der Waals surface area contributed by atoms with Gasteiger partial charge in [-0.25, -0.2) is 4.98 Å². The van der Waals surface area contributed by atoms with Gasteiger partial charge in [-0.2, -0.15) is 0 Å². The lowest BCUT2D eigenvalue weighted by Crippen LogP contribution is -1.83. The fraction of sp³-hybridized carbons (Fsp3) is 0.167. The highest BCUT2D eigenvalue weighted by Gasteiger charge is 1.98. The SMILES string of the molecule is Clc1ncc(Br)cc1CBr. The lowest BCUT2D eigenvalue weighted by atomic mass is 10.3. The van der Waals surface area contributed by atoms with Gasteiger partial charge < -0.3 is 0 Å². The van der Waals surface area contributed by atoms with E-state index in [2.05, 4.69) is 36.8 Å². The van der Waals surface area contributed by atoms with E-state index < -0.39 is 0 Å².